The van der Waals surface area contributed by atoms with Crippen LogP contribution in [0.1, 0.15) is 0 Å². The number of hydrogen-bond donors (Lipinski definition) is 1. The summed E-state index contributed by atoms with van der Waals surface area (Å²) in [5, 5.41) is 19.4. The fourth-order valence-corrected chi connectivity index (χ4v) is 1.60. The number of halogens is 2. The third kappa shape index (κ3) is 1.69. The van der Waals surface area contributed by atoms with E-state index in [-0.39, 0.29) is 18.8 Å². The fourth-order valence-electron chi connectivity index (χ4n) is 1.60. The zero-order valence-electron chi connectivity index (χ0n) is 8.06. The molecule has 1 fully saturated rings. The van der Waals surface area contributed by atoms with Crippen LogP contribution >= 0.6 is 0 Å². The summed E-state index contributed by atoms with van der Waals surface area (Å²) in [7, 11) is 0. The van der Waals surface area contributed by atoms with Crippen molar-refractivity contribution in [1.82, 2.24) is 0 Å². The number of nitro benzene ring substituents is 1. The Morgan fingerprint density at radius 3 is 2.25 bits per heavy atom. The Labute approximate surface area is 89.1 Å². The molecule has 1 aliphatic rings. The lowest BCUT2D eigenvalue weighted by atomic mass is 10.1. The van der Waals surface area contributed by atoms with Crippen molar-refractivity contribution in [3.63, 3.8) is 0 Å². The highest BCUT2D eigenvalue weighted by atomic mass is 19.1. The SMILES string of the molecule is O=[N+]([O-])c1cc(F)c(N2CC(O)C2)c(F)c1. The third-order valence-electron chi connectivity index (χ3n) is 2.39. The van der Waals surface area contributed by atoms with Gasteiger partial charge in [-0.1, -0.05) is 0 Å². The van der Waals surface area contributed by atoms with Gasteiger partial charge in [0.2, 0.25) is 0 Å². The van der Waals surface area contributed by atoms with Gasteiger partial charge in [0.1, 0.15) is 5.69 Å². The molecular weight excluding hydrogens is 222 g/mol. The second-order valence-corrected chi connectivity index (χ2v) is 3.57. The molecule has 7 heteroatoms. The molecule has 0 aromatic heterocycles. The number of hydrogen-bond acceptors (Lipinski definition) is 4. The fraction of sp³-hybridized carbons (Fsp3) is 0.333. The van der Waals surface area contributed by atoms with Crippen molar-refractivity contribution in [1.29, 1.82) is 0 Å². The van der Waals surface area contributed by atoms with Crippen molar-refractivity contribution >= 4 is 11.4 Å². The van der Waals surface area contributed by atoms with Gasteiger partial charge in [-0.05, 0) is 0 Å². The van der Waals surface area contributed by atoms with Gasteiger partial charge in [0.15, 0.2) is 11.6 Å². The molecule has 0 atom stereocenters. The van der Waals surface area contributed by atoms with Crippen LogP contribution in [0.4, 0.5) is 20.2 Å². The van der Waals surface area contributed by atoms with Crippen molar-refractivity contribution < 1.29 is 18.8 Å². The van der Waals surface area contributed by atoms with E-state index in [0.29, 0.717) is 12.1 Å². The van der Waals surface area contributed by atoms with E-state index in [1.165, 1.54) is 4.90 Å². The molecule has 1 N–H and O–H groups in total. The van der Waals surface area contributed by atoms with E-state index >= 15 is 0 Å². The van der Waals surface area contributed by atoms with E-state index in [1.807, 2.05) is 0 Å². The number of aliphatic hydroxyl groups excluding tert-OH is 1. The van der Waals surface area contributed by atoms with Gasteiger partial charge in [0.25, 0.3) is 5.69 Å². The molecule has 1 aliphatic heterocycles. The zero-order valence-corrected chi connectivity index (χ0v) is 8.06. The van der Waals surface area contributed by atoms with Gasteiger partial charge in [-0.3, -0.25) is 10.1 Å². The van der Waals surface area contributed by atoms with E-state index in [9.17, 15) is 18.9 Å². The Morgan fingerprint density at radius 1 is 1.38 bits per heavy atom. The highest BCUT2D eigenvalue weighted by Crippen LogP contribution is 2.30. The van der Waals surface area contributed by atoms with E-state index < -0.39 is 28.3 Å². The number of non-ortho nitro benzene ring substituents is 1. The molecule has 5 nitrogen and oxygen atoms in total. The summed E-state index contributed by atoms with van der Waals surface area (Å²) >= 11 is 0. The average molecular weight is 230 g/mol. The van der Waals surface area contributed by atoms with Crippen LogP contribution in [-0.2, 0) is 0 Å². The van der Waals surface area contributed by atoms with E-state index in [0.717, 1.165) is 0 Å². The second kappa shape index (κ2) is 3.67. The number of nitrogens with zero attached hydrogens (tertiary/aromatic N) is 2. The molecule has 0 aliphatic carbocycles. The van der Waals surface area contributed by atoms with Gasteiger partial charge >= 0.3 is 0 Å². The summed E-state index contributed by atoms with van der Waals surface area (Å²) in [4.78, 5) is 10.8. The third-order valence-corrected chi connectivity index (χ3v) is 2.39. The van der Waals surface area contributed by atoms with E-state index in [1.54, 1.807) is 0 Å². The minimum atomic E-state index is -0.987. The predicted octanol–water partition coefficient (Wildman–Crippen LogP) is 1.05. The first-order valence-corrected chi connectivity index (χ1v) is 4.55. The van der Waals surface area contributed by atoms with Crippen molar-refractivity contribution in [3.05, 3.63) is 33.9 Å². The van der Waals surface area contributed by atoms with Crippen LogP contribution in [0.15, 0.2) is 12.1 Å². The van der Waals surface area contributed by atoms with Gasteiger partial charge < -0.3 is 10.0 Å². The number of rotatable bonds is 2. The summed E-state index contributed by atoms with van der Waals surface area (Å²) in [6.45, 7) is 0.261. The van der Waals surface area contributed by atoms with Gasteiger partial charge in [0, 0.05) is 13.1 Å². The van der Waals surface area contributed by atoms with Crippen LogP contribution < -0.4 is 4.90 Å². The lowest BCUT2D eigenvalue weighted by Crippen LogP contribution is -2.51. The average Bonchev–Trinajstić information content (AvgIpc) is 2.13. The Hall–Kier alpha value is -1.76. The Morgan fingerprint density at radius 2 is 1.88 bits per heavy atom. The van der Waals surface area contributed by atoms with Crippen LogP contribution in [-0.4, -0.2) is 29.2 Å². The Bertz CT molecular complexity index is 423. The molecule has 2 rings (SSSR count). The van der Waals surface area contributed by atoms with Crippen LogP contribution in [0, 0.1) is 21.7 Å². The first-order chi connectivity index (χ1) is 7.49. The molecule has 0 unspecified atom stereocenters. The van der Waals surface area contributed by atoms with Crippen molar-refractivity contribution in [2.75, 3.05) is 18.0 Å². The van der Waals surface area contributed by atoms with Crippen molar-refractivity contribution in [2.45, 2.75) is 6.10 Å². The van der Waals surface area contributed by atoms with Gasteiger partial charge in [-0.2, -0.15) is 0 Å². The number of nitro groups is 1. The Kier molecular flexibility index (Phi) is 2.47. The van der Waals surface area contributed by atoms with Gasteiger partial charge in [-0.25, -0.2) is 8.78 Å². The molecule has 0 bridgehead atoms. The molecule has 86 valence electrons. The highest BCUT2D eigenvalue weighted by molar-refractivity contribution is 5.55. The second-order valence-electron chi connectivity index (χ2n) is 3.57. The molecule has 1 aromatic rings. The van der Waals surface area contributed by atoms with Crippen molar-refractivity contribution in [2.24, 2.45) is 0 Å². The van der Waals surface area contributed by atoms with E-state index in [4.69, 9.17) is 5.11 Å². The number of β-amino-alcohol motifs (C(OH)–C–C–N with tert-alkyl or cyclic N) is 1. The lowest BCUT2D eigenvalue weighted by molar-refractivity contribution is -0.385. The molecule has 16 heavy (non-hydrogen) atoms. The maximum Gasteiger partial charge on any atom is 0.275 e. The maximum absolute atomic E-state index is 13.4. The smallest absolute Gasteiger partial charge is 0.275 e. The molecule has 0 radical (unpaired) electrons. The molecule has 1 saturated heterocycles. The van der Waals surface area contributed by atoms with Crippen LogP contribution in [0.5, 0.6) is 0 Å². The highest BCUT2D eigenvalue weighted by Gasteiger charge is 2.30. The zero-order chi connectivity index (χ0) is 11.9. The number of anilines is 1. The Balaban J connectivity index is 2.36. The van der Waals surface area contributed by atoms with Gasteiger partial charge in [-0.15, -0.1) is 0 Å². The quantitative estimate of drug-likeness (QED) is 0.609. The molecule has 0 spiro atoms. The minimum absolute atomic E-state index is 0.131. The first kappa shape index (κ1) is 10.7. The topological polar surface area (TPSA) is 66.6 Å². The monoisotopic (exact) mass is 230 g/mol. The summed E-state index contributed by atoms with van der Waals surface area (Å²) in [5.41, 5.74) is -0.948. The molecule has 1 aromatic carbocycles. The van der Waals surface area contributed by atoms with Gasteiger partial charge in [0.05, 0.1) is 23.2 Å². The lowest BCUT2D eigenvalue weighted by Gasteiger charge is -2.37. The van der Waals surface area contributed by atoms with Crippen LogP contribution in [0.2, 0.25) is 0 Å². The summed E-state index contributed by atoms with van der Waals surface area (Å²) < 4.78 is 26.8. The van der Waals surface area contributed by atoms with Crippen LogP contribution in [0.25, 0.3) is 0 Å². The van der Waals surface area contributed by atoms with Crippen molar-refractivity contribution in [3.8, 4) is 0 Å². The van der Waals surface area contributed by atoms with E-state index in [2.05, 4.69) is 0 Å². The predicted molar refractivity (Wildman–Crippen MR) is 51.2 cm³/mol. The molecule has 1 heterocycles. The normalized spacial score (nSPS) is 16.1. The number of benzene rings is 1. The molecule has 0 amide bonds. The van der Waals surface area contributed by atoms with Crippen LogP contribution in [0.3, 0.4) is 0 Å². The molecule has 0 saturated carbocycles. The summed E-state index contributed by atoms with van der Waals surface area (Å²) in [6.07, 6.45) is -0.603. The first-order valence-electron chi connectivity index (χ1n) is 4.55. The number of aliphatic hydroxyl groups is 1. The minimum Gasteiger partial charge on any atom is -0.389 e. The maximum atomic E-state index is 13.4. The largest absolute Gasteiger partial charge is 0.389 e. The summed E-state index contributed by atoms with van der Waals surface area (Å²) in [6, 6.07) is 1.34. The standard InChI is InChI=1S/C9H8F2N2O3/c10-7-1-5(13(15)16)2-8(11)9(7)12-3-6(14)4-12/h1-2,6,14H,3-4H2. The molecular formula is C9H8F2N2O3. The summed E-state index contributed by atoms with van der Waals surface area (Å²) in [5.74, 6) is -1.97.